The van der Waals surface area contributed by atoms with Crippen molar-refractivity contribution in [3.05, 3.63) is 0 Å². The Morgan fingerprint density at radius 3 is 1.50 bits per heavy atom. The fraction of sp³-hybridized carbons (Fsp3) is 0.625. The molecular weight excluding hydrogens is 256 g/mol. The molecule has 4 nitrogen and oxygen atoms in total. The van der Waals surface area contributed by atoms with Crippen LogP contribution in [0.25, 0.3) is 0 Å². The van der Waals surface area contributed by atoms with Crippen molar-refractivity contribution in [1.82, 2.24) is 0 Å². The first-order valence-electron chi connectivity index (χ1n) is 6.81. The highest BCUT2D eigenvalue weighted by Gasteiger charge is 2.03. The SMILES string of the molecule is CC#CCOC(=O)CCCCCCC(=O)OCC#CC. The lowest BCUT2D eigenvalue weighted by atomic mass is 10.1. The van der Waals surface area contributed by atoms with Gasteiger partial charge in [0.15, 0.2) is 13.2 Å². The number of ether oxygens (including phenoxy) is 2. The molecule has 0 amide bonds. The Labute approximate surface area is 121 Å². The third-order valence-corrected chi connectivity index (χ3v) is 2.48. The van der Waals surface area contributed by atoms with Gasteiger partial charge in [-0.25, -0.2) is 0 Å². The van der Waals surface area contributed by atoms with E-state index in [1.165, 1.54) is 0 Å². The lowest BCUT2D eigenvalue weighted by molar-refractivity contribution is -0.143. The molecule has 0 aliphatic heterocycles. The summed E-state index contributed by atoms with van der Waals surface area (Å²) in [5.74, 6) is 10.2. The van der Waals surface area contributed by atoms with Crippen LogP contribution in [0, 0.1) is 23.7 Å². The predicted octanol–water partition coefficient (Wildman–Crippen LogP) is 2.46. The van der Waals surface area contributed by atoms with Crippen molar-refractivity contribution in [2.75, 3.05) is 13.2 Å². The van der Waals surface area contributed by atoms with Gasteiger partial charge in [-0.1, -0.05) is 24.7 Å². The number of unbranched alkanes of at least 4 members (excludes halogenated alkanes) is 3. The van der Waals surface area contributed by atoms with Crippen LogP contribution < -0.4 is 0 Å². The molecule has 0 aromatic carbocycles. The zero-order valence-electron chi connectivity index (χ0n) is 12.3. The minimum Gasteiger partial charge on any atom is -0.452 e. The van der Waals surface area contributed by atoms with Crippen LogP contribution >= 0.6 is 0 Å². The molecule has 0 spiro atoms. The Morgan fingerprint density at radius 2 is 1.15 bits per heavy atom. The number of carbonyl (C=O) groups excluding carboxylic acids is 2. The zero-order chi connectivity index (χ0) is 15.1. The van der Waals surface area contributed by atoms with Gasteiger partial charge in [0.2, 0.25) is 0 Å². The number of hydrogen-bond donors (Lipinski definition) is 0. The van der Waals surface area contributed by atoms with E-state index >= 15 is 0 Å². The van der Waals surface area contributed by atoms with Crippen LogP contribution in [-0.2, 0) is 19.1 Å². The summed E-state index contributed by atoms with van der Waals surface area (Å²) in [4.78, 5) is 22.5. The minimum absolute atomic E-state index is 0.168. The Hall–Kier alpha value is -1.94. The summed E-state index contributed by atoms with van der Waals surface area (Å²) in [5.41, 5.74) is 0. The molecule has 4 heteroatoms. The quantitative estimate of drug-likeness (QED) is 0.369. The maximum atomic E-state index is 11.2. The number of carbonyl (C=O) groups is 2. The molecule has 110 valence electrons. The molecule has 0 unspecified atom stereocenters. The van der Waals surface area contributed by atoms with E-state index in [1.54, 1.807) is 13.8 Å². The van der Waals surface area contributed by atoms with E-state index in [2.05, 4.69) is 23.7 Å². The van der Waals surface area contributed by atoms with Crippen LogP contribution in [0.5, 0.6) is 0 Å². The van der Waals surface area contributed by atoms with Gasteiger partial charge in [-0.3, -0.25) is 9.59 Å². The van der Waals surface area contributed by atoms with E-state index in [4.69, 9.17) is 9.47 Å². The number of rotatable bonds is 9. The molecule has 0 saturated heterocycles. The Bertz CT molecular complexity index is 364. The van der Waals surface area contributed by atoms with E-state index in [0.29, 0.717) is 12.8 Å². The molecule has 0 aliphatic carbocycles. The summed E-state index contributed by atoms with van der Waals surface area (Å²) >= 11 is 0. The summed E-state index contributed by atoms with van der Waals surface area (Å²) in [5, 5.41) is 0. The van der Waals surface area contributed by atoms with Crippen LogP contribution in [0.4, 0.5) is 0 Å². The molecule has 0 bridgehead atoms. The molecule has 0 rings (SSSR count). The third kappa shape index (κ3) is 12.5. The van der Waals surface area contributed by atoms with Crippen LogP contribution in [0.1, 0.15) is 52.4 Å². The molecule has 0 atom stereocenters. The first kappa shape index (κ1) is 18.1. The fourth-order valence-corrected chi connectivity index (χ4v) is 1.41. The second-order valence-corrected chi connectivity index (χ2v) is 4.09. The number of hydrogen-bond acceptors (Lipinski definition) is 4. The zero-order valence-corrected chi connectivity index (χ0v) is 12.3. The Kier molecular flexibility index (Phi) is 12.2. The van der Waals surface area contributed by atoms with Crippen LogP contribution in [0.3, 0.4) is 0 Å². The maximum absolute atomic E-state index is 11.2. The van der Waals surface area contributed by atoms with Gasteiger partial charge in [0.1, 0.15) is 0 Å². The highest BCUT2D eigenvalue weighted by molar-refractivity contribution is 5.69. The predicted molar refractivity (Wildman–Crippen MR) is 76.5 cm³/mol. The second kappa shape index (κ2) is 13.5. The van der Waals surface area contributed by atoms with Crippen molar-refractivity contribution in [3.63, 3.8) is 0 Å². The summed E-state index contributed by atoms with van der Waals surface area (Å²) in [6, 6.07) is 0. The van der Waals surface area contributed by atoms with Crippen molar-refractivity contribution in [2.24, 2.45) is 0 Å². The molecule has 0 saturated carbocycles. The van der Waals surface area contributed by atoms with Crippen molar-refractivity contribution in [3.8, 4) is 23.7 Å². The van der Waals surface area contributed by atoms with Crippen LogP contribution in [-0.4, -0.2) is 25.2 Å². The molecule has 0 aromatic heterocycles. The molecule has 0 fully saturated rings. The maximum Gasteiger partial charge on any atom is 0.306 e. The van der Waals surface area contributed by atoms with Gasteiger partial charge >= 0.3 is 11.9 Å². The van der Waals surface area contributed by atoms with Gasteiger partial charge in [-0.05, 0) is 26.7 Å². The molecule has 0 aliphatic rings. The van der Waals surface area contributed by atoms with E-state index < -0.39 is 0 Å². The monoisotopic (exact) mass is 278 g/mol. The van der Waals surface area contributed by atoms with Gasteiger partial charge in [-0.2, -0.15) is 0 Å². The van der Waals surface area contributed by atoms with Gasteiger partial charge in [0.05, 0.1) is 0 Å². The van der Waals surface area contributed by atoms with E-state index in [9.17, 15) is 9.59 Å². The lowest BCUT2D eigenvalue weighted by Crippen LogP contribution is -2.05. The average Bonchev–Trinajstić information content (AvgIpc) is 2.43. The third-order valence-electron chi connectivity index (χ3n) is 2.48. The van der Waals surface area contributed by atoms with Crippen molar-refractivity contribution in [2.45, 2.75) is 52.4 Å². The van der Waals surface area contributed by atoms with E-state index in [0.717, 1.165) is 25.7 Å². The van der Waals surface area contributed by atoms with E-state index in [1.807, 2.05) is 0 Å². The smallest absolute Gasteiger partial charge is 0.306 e. The normalized spacial score (nSPS) is 8.70. The topological polar surface area (TPSA) is 52.6 Å². The molecule has 0 radical (unpaired) electrons. The molecule has 0 aromatic rings. The average molecular weight is 278 g/mol. The Balaban J connectivity index is 3.38. The summed E-state index contributed by atoms with van der Waals surface area (Å²) in [6.45, 7) is 3.74. The fourth-order valence-electron chi connectivity index (χ4n) is 1.41. The first-order valence-corrected chi connectivity index (χ1v) is 6.81. The minimum atomic E-state index is -0.217. The Morgan fingerprint density at radius 1 is 0.750 bits per heavy atom. The molecule has 0 heterocycles. The van der Waals surface area contributed by atoms with E-state index in [-0.39, 0.29) is 25.2 Å². The highest BCUT2D eigenvalue weighted by Crippen LogP contribution is 2.06. The van der Waals surface area contributed by atoms with Gasteiger partial charge in [0, 0.05) is 12.8 Å². The van der Waals surface area contributed by atoms with Gasteiger partial charge < -0.3 is 9.47 Å². The summed E-state index contributed by atoms with van der Waals surface area (Å²) < 4.78 is 9.77. The second-order valence-electron chi connectivity index (χ2n) is 4.09. The van der Waals surface area contributed by atoms with Crippen LogP contribution in [0.2, 0.25) is 0 Å². The van der Waals surface area contributed by atoms with Crippen molar-refractivity contribution < 1.29 is 19.1 Å². The molecule has 0 N–H and O–H groups in total. The van der Waals surface area contributed by atoms with Crippen LogP contribution in [0.15, 0.2) is 0 Å². The largest absolute Gasteiger partial charge is 0.452 e. The highest BCUT2D eigenvalue weighted by atomic mass is 16.5. The number of esters is 2. The lowest BCUT2D eigenvalue weighted by Gasteiger charge is -2.02. The van der Waals surface area contributed by atoms with Gasteiger partial charge in [0.25, 0.3) is 0 Å². The van der Waals surface area contributed by atoms with Gasteiger partial charge in [-0.15, -0.1) is 11.8 Å². The van der Waals surface area contributed by atoms with Crippen molar-refractivity contribution in [1.29, 1.82) is 0 Å². The van der Waals surface area contributed by atoms with Crippen molar-refractivity contribution >= 4 is 11.9 Å². The standard InChI is InChI=1S/C16H22O4/c1-3-5-13-19-15(17)11-9-7-8-10-12-16(18)20-14-6-4-2/h7-14H2,1-2H3. The summed E-state index contributed by atoms with van der Waals surface area (Å²) in [6.07, 6.45) is 4.15. The molecular formula is C16H22O4. The first-order chi connectivity index (χ1) is 9.70. The molecule has 20 heavy (non-hydrogen) atoms. The summed E-state index contributed by atoms with van der Waals surface area (Å²) in [7, 11) is 0.